The van der Waals surface area contributed by atoms with Crippen LogP contribution in [0.4, 0.5) is 0 Å². The number of rotatable bonds is 5. The molecule has 2 amide bonds. The van der Waals surface area contributed by atoms with Gasteiger partial charge in [-0.1, -0.05) is 0 Å². The standard InChI is InChI=1S/C12H17N3O2S/c1-8-14-9(7-18-8)3-2-4-11(16)15-10-5-12(17)13-6-10/h7,10H,2-6H2,1H3,(H,13,17)(H,15,16). The summed E-state index contributed by atoms with van der Waals surface area (Å²) < 4.78 is 0. The molecule has 0 aliphatic carbocycles. The molecule has 1 atom stereocenters. The molecule has 0 radical (unpaired) electrons. The average molecular weight is 267 g/mol. The summed E-state index contributed by atoms with van der Waals surface area (Å²) in [6.07, 6.45) is 2.51. The van der Waals surface area contributed by atoms with E-state index in [-0.39, 0.29) is 17.9 Å². The zero-order valence-electron chi connectivity index (χ0n) is 10.4. The van der Waals surface area contributed by atoms with Crippen LogP contribution < -0.4 is 10.6 Å². The first-order chi connectivity index (χ1) is 8.63. The molecule has 2 N–H and O–H groups in total. The molecule has 5 nitrogen and oxygen atoms in total. The van der Waals surface area contributed by atoms with Crippen LogP contribution >= 0.6 is 11.3 Å². The molecule has 1 aliphatic heterocycles. The molecule has 1 aromatic heterocycles. The van der Waals surface area contributed by atoms with Gasteiger partial charge in [-0.25, -0.2) is 4.98 Å². The summed E-state index contributed by atoms with van der Waals surface area (Å²) in [5, 5.41) is 8.65. The summed E-state index contributed by atoms with van der Waals surface area (Å²) in [7, 11) is 0. The Balaban J connectivity index is 1.64. The lowest BCUT2D eigenvalue weighted by atomic mass is 10.2. The van der Waals surface area contributed by atoms with E-state index in [1.54, 1.807) is 11.3 Å². The number of aryl methyl sites for hydroxylation is 2. The molecule has 1 aliphatic rings. The minimum atomic E-state index is -0.0356. The first-order valence-electron chi connectivity index (χ1n) is 6.10. The van der Waals surface area contributed by atoms with Gasteiger partial charge < -0.3 is 10.6 Å². The summed E-state index contributed by atoms with van der Waals surface area (Å²) in [6, 6.07) is -0.0356. The van der Waals surface area contributed by atoms with Crippen LogP contribution in [0, 0.1) is 6.92 Å². The van der Waals surface area contributed by atoms with E-state index < -0.39 is 0 Å². The van der Waals surface area contributed by atoms with E-state index in [4.69, 9.17) is 0 Å². The van der Waals surface area contributed by atoms with Gasteiger partial charge in [-0.15, -0.1) is 11.3 Å². The predicted molar refractivity (Wildman–Crippen MR) is 69.3 cm³/mol. The third kappa shape index (κ3) is 3.80. The number of nitrogens with zero attached hydrogens (tertiary/aromatic N) is 1. The van der Waals surface area contributed by atoms with Crippen LogP contribution in [-0.4, -0.2) is 29.4 Å². The van der Waals surface area contributed by atoms with Crippen molar-refractivity contribution in [2.24, 2.45) is 0 Å². The quantitative estimate of drug-likeness (QED) is 0.828. The van der Waals surface area contributed by atoms with Crippen molar-refractivity contribution in [1.29, 1.82) is 0 Å². The number of thiazole rings is 1. The van der Waals surface area contributed by atoms with E-state index in [9.17, 15) is 9.59 Å². The lowest BCUT2D eigenvalue weighted by Gasteiger charge is -2.09. The van der Waals surface area contributed by atoms with E-state index in [1.165, 1.54) is 0 Å². The fraction of sp³-hybridized carbons (Fsp3) is 0.583. The van der Waals surface area contributed by atoms with Gasteiger partial charge in [-0.2, -0.15) is 0 Å². The SMILES string of the molecule is Cc1nc(CCCC(=O)NC2CNC(=O)C2)cs1. The molecule has 1 aromatic rings. The fourth-order valence-electron chi connectivity index (χ4n) is 1.96. The lowest BCUT2D eigenvalue weighted by Crippen LogP contribution is -2.36. The van der Waals surface area contributed by atoms with Crippen LogP contribution in [-0.2, 0) is 16.0 Å². The predicted octanol–water partition coefficient (Wildman–Crippen LogP) is 0.779. The Hall–Kier alpha value is -1.43. The summed E-state index contributed by atoms with van der Waals surface area (Å²) in [6.45, 7) is 2.53. The maximum atomic E-state index is 11.6. The number of hydrogen-bond donors (Lipinski definition) is 2. The highest BCUT2D eigenvalue weighted by atomic mass is 32.1. The van der Waals surface area contributed by atoms with Crippen LogP contribution in [0.1, 0.15) is 30.0 Å². The van der Waals surface area contributed by atoms with E-state index >= 15 is 0 Å². The Morgan fingerprint density at radius 1 is 1.67 bits per heavy atom. The Morgan fingerprint density at radius 3 is 3.11 bits per heavy atom. The number of amides is 2. The minimum Gasteiger partial charge on any atom is -0.354 e. The van der Waals surface area contributed by atoms with E-state index in [2.05, 4.69) is 15.6 Å². The Labute approximate surface area is 110 Å². The van der Waals surface area contributed by atoms with Gasteiger partial charge >= 0.3 is 0 Å². The van der Waals surface area contributed by atoms with Crippen LogP contribution in [0.5, 0.6) is 0 Å². The van der Waals surface area contributed by atoms with E-state index in [1.807, 2.05) is 12.3 Å². The minimum absolute atomic E-state index is 0.0123. The van der Waals surface area contributed by atoms with Gasteiger partial charge in [0.25, 0.3) is 0 Å². The number of nitrogens with one attached hydrogen (secondary N) is 2. The maximum absolute atomic E-state index is 11.6. The van der Waals surface area contributed by atoms with Gasteiger partial charge in [0.15, 0.2) is 0 Å². The lowest BCUT2D eigenvalue weighted by molar-refractivity contribution is -0.121. The van der Waals surface area contributed by atoms with Gasteiger partial charge in [0.2, 0.25) is 11.8 Å². The number of carbonyl (C=O) groups is 2. The number of hydrogen-bond acceptors (Lipinski definition) is 4. The summed E-state index contributed by atoms with van der Waals surface area (Å²) in [5.41, 5.74) is 1.06. The van der Waals surface area contributed by atoms with Crippen molar-refractivity contribution in [2.75, 3.05) is 6.54 Å². The highest BCUT2D eigenvalue weighted by Crippen LogP contribution is 2.10. The zero-order valence-corrected chi connectivity index (χ0v) is 11.2. The molecule has 0 spiro atoms. The molecule has 2 rings (SSSR count). The molecule has 0 saturated carbocycles. The maximum Gasteiger partial charge on any atom is 0.222 e. The van der Waals surface area contributed by atoms with Gasteiger partial charge in [0, 0.05) is 24.8 Å². The van der Waals surface area contributed by atoms with Crippen molar-refractivity contribution in [3.05, 3.63) is 16.1 Å². The Kier molecular flexibility index (Phi) is 4.30. The molecule has 98 valence electrons. The monoisotopic (exact) mass is 267 g/mol. The second kappa shape index (κ2) is 5.95. The molecule has 0 aromatic carbocycles. The second-order valence-electron chi connectivity index (χ2n) is 4.48. The van der Waals surface area contributed by atoms with Crippen molar-refractivity contribution in [1.82, 2.24) is 15.6 Å². The van der Waals surface area contributed by atoms with Crippen LogP contribution in [0.3, 0.4) is 0 Å². The molecule has 0 bridgehead atoms. The van der Waals surface area contributed by atoms with Crippen molar-refractivity contribution < 1.29 is 9.59 Å². The first-order valence-corrected chi connectivity index (χ1v) is 6.98. The summed E-state index contributed by atoms with van der Waals surface area (Å²) in [5.74, 6) is 0.0294. The van der Waals surface area contributed by atoms with Gasteiger partial charge in [0.05, 0.1) is 16.7 Å². The van der Waals surface area contributed by atoms with Crippen molar-refractivity contribution >= 4 is 23.2 Å². The van der Waals surface area contributed by atoms with Gasteiger partial charge in [-0.3, -0.25) is 9.59 Å². The Morgan fingerprint density at radius 2 is 2.50 bits per heavy atom. The topological polar surface area (TPSA) is 71.1 Å². The summed E-state index contributed by atoms with van der Waals surface area (Å²) >= 11 is 1.63. The number of aromatic nitrogens is 1. The average Bonchev–Trinajstić information content (AvgIpc) is 2.88. The molecule has 1 saturated heterocycles. The molecular weight excluding hydrogens is 250 g/mol. The highest BCUT2D eigenvalue weighted by molar-refractivity contribution is 7.09. The second-order valence-corrected chi connectivity index (χ2v) is 5.55. The Bertz CT molecular complexity index is 444. The fourth-order valence-corrected chi connectivity index (χ4v) is 2.61. The molecule has 1 unspecified atom stereocenters. The molecule has 2 heterocycles. The zero-order chi connectivity index (χ0) is 13.0. The molecule has 6 heteroatoms. The van der Waals surface area contributed by atoms with Crippen LogP contribution in [0.2, 0.25) is 0 Å². The summed E-state index contributed by atoms with van der Waals surface area (Å²) in [4.78, 5) is 27.0. The van der Waals surface area contributed by atoms with Crippen molar-refractivity contribution in [3.63, 3.8) is 0 Å². The van der Waals surface area contributed by atoms with Crippen molar-refractivity contribution in [3.8, 4) is 0 Å². The van der Waals surface area contributed by atoms with Crippen molar-refractivity contribution in [2.45, 2.75) is 38.6 Å². The van der Waals surface area contributed by atoms with Gasteiger partial charge in [-0.05, 0) is 19.8 Å². The molecule has 18 heavy (non-hydrogen) atoms. The molecular formula is C12H17N3O2S. The first kappa shape index (κ1) is 13.0. The van der Waals surface area contributed by atoms with E-state index in [0.717, 1.165) is 23.5 Å². The van der Waals surface area contributed by atoms with Crippen LogP contribution in [0.25, 0.3) is 0 Å². The number of carbonyl (C=O) groups excluding carboxylic acids is 2. The largest absolute Gasteiger partial charge is 0.354 e. The van der Waals surface area contributed by atoms with E-state index in [0.29, 0.717) is 19.4 Å². The molecule has 1 fully saturated rings. The van der Waals surface area contributed by atoms with Crippen LogP contribution in [0.15, 0.2) is 5.38 Å². The smallest absolute Gasteiger partial charge is 0.222 e. The third-order valence-corrected chi connectivity index (χ3v) is 3.67. The third-order valence-electron chi connectivity index (χ3n) is 2.85. The normalized spacial score (nSPS) is 18.7. The highest BCUT2D eigenvalue weighted by Gasteiger charge is 2.22. The van der Waals surface area contributed by atoms with Gasteiger partial charge in [0.1, 0.15) is 0 Å².